The number of methoxy groups -OCH3 is 2. The van der Waals surface area contributed by atoms with Gasteiger partial charge in [0.1, 0.15) is 11.5 Å². The zero-order valence-electron chi connectivity index (χ0n) is 20.8. The monoisotopic (exact) mass is 487 g/mol. The van der Waals surface area contributed by atoms with E-state index in [0.717, 1.165) is 11.3 Å². The molecule has 2 aromatic carbocycles. The fraction of sp³-hybridized carbons (Fsp3) is 0.296. The zero-order valence-corrected chi connectivity index (χ0v) is 20.8. The van der Waals surface area contributed by atoms with Gasteiger partial charge in [-0.2, -0.15) is 4.98 Å². The first-order chi connectivity index (χ1) is 17.4. The molecule has 0 saturated heterocycles. The van der Waals surface area contributed by atoms with Crippen molar-refractivity contribution in [3.05, 3.63) is 81.0 Å². The number of fused-ring (bicyclic) bond motifs is 3. The number of ether oxygens (including phenoxy) is 2. The Morgan fingerprint density at radius 2 is 1.83 bits per heavy atom. The van der Waals surface area contributed by atoms with Crippen molar-refractivity contribution >= 4 is 28.9 Å². The summed E-state index contributed by atoms with van der Waals surface area (Å²) in [5.41, 5.74) is 1.86. The minimum Gasteiger partial charge on any atom is -0.497 e. The van der Waals surface area contributed by atoms with Crippen LogP contribution in [0.3, 0.4) is 0 Å². The summed E-state index contributed by atoms with van der Waals surface area (Å²) < 4.78 is 15.6. The Hall–Kier alpha value is -4.27. The Morgan fingerprint density at radius 1 is 1.06 bits per heavy atom. The molecule has 0 N–H and O–H groups in total. The summed E-state index contributed by atoms with van der Waals surface area (Å²) in [6, 6.07) is 15.4. The summed E-state index contributed by atoms with van der Waals surface area (Å²) in [7, 11) is 4.87. The average molecular weight is 488 g/mol. The van der Waals surface area contributed by atoms with Gasteiger partial charge in [-0.25, -0.2) is 4.79 Å². The van der Waals surface area contributed by atoms with Crippen LogP contribution in [0.2, 0.25) is 0 Å². The van der Waals surface area contributed by atoms with Crippen LogP contribution in [0.25, 0.3) is 17.2 Å². The van der Waals surface area contributed by atoms with Crippen LogP contribution in [0.5, 0.6) is 11.5 Å². The second kappa shape index (κ2) is 9.41. The molecule has 36 heavy (non-hydrogen) atoms. The lowest BCUT2D eigenvalue weighted by atomic mass is 10.1. The number of allylic oxidation sites excluding steroid dienone is 1. The molecule has 1 aliphatic rings. The first kappa shape index (κ1) is 23.5. The predicted molar refractivity (Wildman–Crippen MR) is 140 cm³/mol. The molecule has 0 fully saturated rings. The number of benzene rings is 2. The molecule has 1 aliphatic heterocycles. The van der Waals surface area contributed by atoms with Gasteiger partial charge in [0, 0.05) is 32.7 Å². The Morgan fingerprint density at radius 3 is 2.56 bits per heavy atom. The third-order valence-electron chi connectivity index (χ3n) is 6.52. The maximum absolute atomic E-state index is 13.6. The van der Waals surface area contributed by atoms with E-state index in [2.05, 4.69) is 6.92 Å². The summed E-state index contributed by atoms with van der Waals surface area (Å²) in [5.74, 6) is 2.16. The van der Waals surface area contributed by atoms with E-state index >= 15 is 0 Å². The van der Waals surface area contributed by atoms with Crippen LogP contribution < -0.4 is 25.6 Å². The van der Waals surface area contributed by atoms with Gasteiger partial charge in [-0.3, -0.25) is 13.9 Å². The molecule has 0 aliphatic carbocycles. The van der Waals surface area contributed by atoms with Crippen LogP contribution in [-0.2, 0) is 20.1 Å². The quantitative estimate of drug-likeness (QED) is 0.415. The molecule has 0 radical (unpaired) electrons. The summed E-state index contributed by atoms with van der Waals surface area (Å²) in [6.07, 6.45) is 3.73. The van der Waals surface area contributed by atoms with Gasteiger partial charge in [0.05, 0.1) is 19.9 Å². The molecule has 1 atom stereocenters. The number of aromatic nitrogens is 4. The molecule has 0 spiro atoms. The maximum atomic E-state index is 13.6. The fourth-order valence-electron chi connectivity index (χ4n) is 4.74. The van der Waals surface area contributed by atoms with E-state index in [1.807, 2.05) is 70.1 Å². The van der Waals surface area contributed by atoms with Gasteiger partial charge >= 0.3 is 5.69 Å². The number of hydrogen-bond acceptors (Lipinski definition) is 6. The molecule has 4 aromatic rings. The third-order valence-corrected chi connectivity index (χ3v) is 6.52. The van der Waals surface area contributed by atoms with Gasteiger partial charge < -0.3 is 18.9 Å². The third kappa shape index (κ3) is 3.96. The lowest BCUT2D eigenvalue weighted by Gasteiger charge is -2.33. The second-order valence-corrected chi connectivity index (χ2v) is 9.02. The highest BCUT2D eigenvalue weighted by Crippen LogP contribution is 2.39. The Bertz CT molecular complexity index is 1570. The van der Waals surface area contributed by atoms with E-state index in [1.165, 1.54) is 9.13 Å². The summed E-state index contributed by atoms with van der Waals surface area (Å²) in [4.78, 5) is 33.6. The van der Waals surface area contributed by atoms with Crippen molar-refractivity contribution in [2.24, 2.45) is 13.0 Å². The molecule has 5 rings (SSSR count). The largest absolute Gasteiger partial charge is 0.497 e. The molecule has 9 nitrogen and oxygen atoms in total. The lowest BCUT2D eigenvalue weighted by molar-refractivity contribution is 0.392. The van der Waals surface area contributed by atoms with Gasteiger partial charge in [0.15, 0.2) is 11.2 Å². The van der Waals surface area contributed by atoms with Crippen molar-refractivity contribution < 1.29 is 9.47 Å². The molecule has 9 heteroatoms. The number of imidazole rings is 1. The maximum Gasteiger partial charge on any atom is 0.332 e. The van der Waals surface area contributed by atoms with E-state index in [9.17, 15) is 9.59 Å². The molecule has 0 bridgehead atoms. The standard InChI is InChI=1S/C27H29N5O4/c1-18-16-31(21-13-12-20(35-3)15-22(21)36-4)26-28-24-23(32(26)17-18)25(33)30(27(34)29(24)2)14-8-11-19-9-6-5-7-10-19/h5-13,15,18H,14,16-17H2,1-4H3/b11-8+. The molecular weight excluding hydrogens is 458 g/mol. The second-order valence-electron chi connectivity index (χ2n) is 9.02. The Labute approximate surface area is 208 Å². The topological polar surface area (TPSA) is 83.5 Å². The summed E-state index contributed by atoms with van der Waals surface area (Å²) in [5, 5.41) is 0. The smallest absolute Gasteiger partial charge is 0.332 e. The minimum atomic E-state index is -0.401. The minimum absolute atomic E-state index is 0.169. The predicted octanol–water partition coefficient (Wildman–Crippen LogP) is 3.42. The number of aryl methyl sites for hydroxylation is 1. The molecule has 3 heterocycles. The Balaban J connectivity index is 1.64. The van der Waals surface area contributed by atoms with Crippen molar-refractivity contribution in [3.63, 3.8) is 0 Å². The normalized spacial score (nSPS) is 15.4. The number of hydrogen-bond donors (Lipinski definition) is 0. The lowest BCUT2D eigenvalue weighted by Crippen LogP contribution is -2.40. The van der Waals surface area contributed by atoms with Crippen molar-refractivity contribution in [1.82, 2.24) is 18.7 Å². The highest BCUT2D eigenvalue weighted by atomic mass is 16.5. The van der Waals surface area contributed by atoms with Gasteiger partial charge in [-0.05, 0) is 23.6 Å². The molecule has 0 amide bonds. The molecule has 2 aromatic heterocycles. The number of anilines is 2. The van der Waals surface area contributed by atoms with Crippen LogP contribution >= 0.6 is 0 Å². The SMILES string of the molecule is COc1ccc(N2CC(C)Cn3c2nc2c3c(=O)n(C/C=C/c3ccccc3)c(=O)n2C)c(OC)c1. The molecule has 1 unspecified atom stereocenters. The van der Waals surface area contributed by atoms with Gasteiger partial charge in [0.25, 0.3) is 5.56 Å². The van der Waals surface area contributed by atoms with E-state index < -0.39 is 5.69 Å². The summed E-state index contributed by atoms with van der Waals surface area (Å²) >= 11 is 0. The van der Waals surface area contributed by atoms with Crippen LogP contribution in [0.1, 0.15) is 12.5 Å². The number of nitrogens with zero attached hydrogens (tertiary/aromatic N) is 5. The average Bonchev–Trinajstić information content (AvgIpc) is 3.28. The van der Waals surface area contributed by atoms with Crippen LogP contribution in [0, 0.1) is 5.92 Å². The van der Waals surface area contributed by atoms with E-state index in [1.54, 1.807) is 21.3 Å². The van der Waals surface area contributed by atoms with Gasteiger partial charge in [-0.1, -0.05) is 49.4 Å². The van der Waals surface area contributed by atoms with Gasteiger partial charge in [0.2, 0.25) is 5.95 Å². The van der Waals surface area contributed by atoms with E-state index in [0.29, 0.717) is 41.7 Å². The highest BCUT2D eigenvalue weighted by Gasteiger charge is 2.31. The van der Waals surface area contributed by atoms with Crippen molar-refractivity contribution in [2.45, 2.75) is 20.0 Å². The molecule has 186 valence electrons. The zero-order chi connectivity index (χ0) is 25.4. The van der Waals surface area contributed by atoms with Crippen molar-refractivity contribution in [1.29, 1.82) is 0 Å². The van der Waals surface area contributed by atoms with E-state index in [4.69, 9.17) is 14.5 Å². The molecule has 0 saturated carbocycles. The van der Waals surface area contributed by atoms with Crippen molar-refractivity contribution in [2.75, 3.05) is 25.7 Å². The van der Waals surface area contributed by atoms with Crippen LogP contribution in [0.15, 0.2) is 64.2 Å². The first-order valence-electron chi connectivity index (χ1n) is 11.8. The van der Waals surface area contributed by atoms with Crippen LogP contribution in [-0.4, -0.2) is 39.4 Å². The first-order valence-corrected chi connectivity index (χ1v) is 11.8. The van der Waals surface area contributed by atoms with Crippen molar-refractivity contribution in [3.8, 4) is 11.5 Å². The molecular formula is C27H29N5O4. The fourth-order valence-corrected chi connectivity index (χ4v) is 4.74. The summed E-state index contributed by atoms with van der Waals surface area (Å²) in [6.45, 7) is 3.60. The Kier molecular flexibility index (Phi) is 6.13. The van der Waals surface area contributed by atoms with E-state index in [-0.39, 0.29) is 18.0 Å². The van der Waals surface area contributed by atoms with Crippen LogP contribution in [0.4, 0.5) is 11.6 Å². The van der Waals surface area contributed by atoms with Gasteiger partial charge in [-0.15, -0.1) is 0 Å². The highest BCUT2D eigenvalue weighted by molar-refractivity contribution is 5.78. The number of rotatable bonds is 6.